The molecule has 4 heterocycles. The van der Waals surface area contributed by atoms with Crippen molar-refractivity contribution >= 4 is 5.91 Å². The predicted octanol–water partition coefficient (Wildman–Crippen LogP) is 2.69. The van der Waals surface area contributed by atoms with Gasteiger partial charge in [-0.15, -0.1) is 10.2 Å². The number of nitrogens with one attached hydrogen (secondary N) is 1. The van der Waals surface area contributed by atoms with E-state index in [-0.39, 0.29) is 23.9 Å². The number of rotatable bonds is 7. The number of carbonyl (C=O) groups is 1. The summed E-state index contributed by atoms with van der Waals surface area (Å²) < 4.78 is 24.5. The molecule has 2 saturated heterocycles. The Morgan fingerprint density at radius 2 is 2.18 bits per heavy atom. The predicted molar refractivity (Wildman–Crippen MR) is 116 cm³/mol. The van der Waals surface area contributed by atoms with Crippen molar-refractivity contribution < 1.29 is 18.7 Å². The Morgan fingerprint density at radius 3 is 2.94 bits per heavy atom. The highest BCUT2D eigenvalue weighted by Gasteiger charge is 2.41. The van der Waals surface area contributed by atoms with Gasteiger partial charge in [-0.05, 0) is 61.2 Å². The molecule has 9 nitrogen and oxygen atoms in total. The fourth-order valence-electron chi connectivity index (χ4n) is 4.58. The number of benzene rings is 1. The van der Waals surface area contributed by atoms with Crippen LogP contribution in [-0.2, 0) is 17.8 Å². The molecule has 2 bridgehead atoms. The summed E-state index contributed by atoms with van der Waals surface area (Å²) in [4.78, 5) is 18.7. The Morgan fingerprint density at radius 1 is 1.30 bits per heavy atom. The van der Waals surface area contributed by atoms with E-state index in [1.165, 1.54) is 13.2 Å². The normalized spacial score (nSPS) is 21.4. The highest BCUT2D eigenvalue weighted by Crippen LogP contribution is 2.39. The number of nitrogens with zero attached hydrogens (tertiary/aromatic N) is 5. The number of methoxy groups -OCH3 is 1. The Labute approximate surface area is 190 Å². The lowest BCUT2D eigenvalue weighted by Gasteiger charge is -2.16. The van der Waals surface area contributed by atoms with E-state index in [0.29, 0.717) is 47.3 Å². The Hall–Kier alpha value is -3.40. The van der Waals surface area contributed by atoms with Gasteiger partial charge in [0.1, 0.15) is 5.69 Å². The molecule has 1 N–H and O–H groups in total. The van der Waals surface area contributed by atoms with E-state index in [1.54, 1.807) is 23.0 Å². The van der Waals surface area contributed by atoms with Crippen LogP contribution in [0.5, 0.6) is 5.75 Å². The van der Waals surface area contributed by atoms with Gasteiger partial charge in [-0.2, -0.15) is 4.80 Å². The molecule has 0 saturated carbocycles. The largest absolute Gasteiger partial charge is 0.494 e. The molecule has 3 aromatic rings. The number of aryl methyl sites for hydroxylation is 1. The minimum Gasteiger partial charge on any atom is -0.494 e. The van der Waals surface area contributed by atoms with Crippen molar-refractivity contribution in [2.75, 3.05) is 7.11 Å². The number of halogens is 1. The molecule has 2 fully saturated rings. The second-order valence-electron chi connectivity index (χ2n) is 8.57. The third-order valence-electron chi connectivity index (χ3n) is 6.20. The summed E-state index contributed by atoms with van der Waals surface area (Å²) in [5, 5.41) is 15.7. The second-order valence-corrected chi connectivity index (χ2v) is 8.57. The standard InChI is InChI=1S/C23H25FN6O3/c1-13-7-15(22-27-29-30(28-22)12-16-9-17-4-6-20(16)33-17)10-19(26-13)23(31)25-11-14-3-5-18(24)21(8-14)32-2/h3,5,7-8,10,16-17,20H,4,6,9,11-12H2,1-2H3,(H,25,31). The van der Waals surface area contributed by atoms with Crippen molar-refractivity contribution in [2.24, 2.45) is 5.92 Å². The van der Waals surface area contributed by atoms with Gasteiger partial charge in [0.05, 0.1) is 25.9 Å². The molecule has 1 amide bonds. The maximum Gasteiger partial charge on any atom is 0.270 e. The van der Waals surface area contributed by atoms with Gasteiger partial charge in [0.2, 0.25) is 5.82 Å². The molecule has 2 aliphatic rings. The van der Waals surface area contributed by atoms with E-state index in [1.807, 2.05) is 13.0 Å². The van der Waals surface area contributed by atoms with Crippen molar-refractivity contribution in [3.63, 3.8) is 0 Å². The van der Waals surface area contributed by atoms with Gasteiger partial charge >= 0.3 is 0 Å². The lowest BCUT2D eigenvalue weighted by atomic mass is 9.89. The molecule has 5 rings (SSSR count). The van der Waals surface area contributed by atoms with Crippen molar-refractivity contribution in [1.82, 2.24) is 30.5 Å². The van der Waals surface area contributed by atoms with Crippen LogP contribution in [0.1, 0.15) is 41.0 Å². The van der Waals surface area contributed by atoms with E-state index in [4.69, 9.17) is 9.47 Å². The number of hydrogen-bond donors (Lipinski definition) is 1. The molecular weight excluding hydrogens is 427 g/mol. The molecule has 3 atom stereocenters. The maximum absolute atomic E-state index is 13.6. The number of hydrogen-bond acceptors (Lipinski definition) is 7. The van der Waals surface area contributed by atoms with Crippen molar-refractivity contribution in [3.05, 3.63) is 53.1 Å². The molecule has 2 aromatic heterocycles. The van der Waals surface area contributed by atoms with Crippen molar-refractivity contribution in [1.29, 1.82) is 0 Å². The van der Waals surface area contributed by atoms with Gasteiger partial charge in [0, 0.05) is 23.7 Å². The van der Waals surface area contributed by atoms with Gasteiger partial charge in [-0.3, -0.25) is 4.79 Å². The average Bonchev–Trinajstić information content (AvgIpc) is 3.55. The molecule has 0 aliphatic carbocycles. The maximum atomic E-state index is 13.6. The lowest BCUT2D eigenvalue weighted by Crippen LogP contribution is -2.24. The van der Waals surface area contributed by atoms with Crippen LogP contribution in [0.4, 0.5) is 4.39 Å². The highest BCUT2D eigenvalue weighted by molar-refractivity contribution is 5.93. The quantitative estimate of drug-likeness (QED) is 0.588. The Bertz CT molecular complexity index is 1180. The first-order valence-corrected chi connectivity index (χ1v) is 11.0. The topological polar surface area (TPSA) is 104 Å². The number of pyridine rings is 1. The van der Waals surface area contributed by atoms with Gasteiger partial charge < -0.3 is 14.8 Å². The van der Waals surface area contributed by atoms with Gasteiger partial charge in [-0.1, -0.05) is 6.07 Å². The molecule has 0 radical (unpaired) electrons. The summed E-state index contributed by atoms with van der Waals surface area (Å²) in [6.07, 6.45) is 3.96. The number of tetrazole rings is 1. The lowest BCUT2D eigenvalue weighted by molar-refractivity contribution is 0.0883. The second kappa shape index (κ2) is 8.86. The molecule has 10 heteroatoms. The molecular formula is C23H25FN6O3. The minimum atomic E-state index is -0.453. The fraction of sp³-hybridized carbons (Fsp3) is 0.435. The fourth-order valence-corrected chi connectivity index (χ4v) is 4.58. The van der Waals surface area contributed by atoms with Crippen molar-refractivity contribution in [2.45, 2.75) is 51.5 Å². The van der Waals surface area contributed by atoms with Crippen molar-refractivity contribution in [3.8, 4) is 17.1 Å². The van der Waals surface area contributed by atoms with Crippen LogP contribution in [0.2, 0.25) is 0 Å². The summed E-state index contributed by atoms with van der Waals surface area (Å²) in [6, 6.07) is 7.92. The first kappa shape index (κ1) is 21.4. The monoisotopic (exact) mass is 452 g/mol. The molecule has 2 aliphatic heterocycles. The minimum absolute atomic E-state index is 0.129. The summed E-state index contributed by atoms with van der Waals surface area (Å²) in [7, 11) is 1.40. The highest BCUT2D eigenvalue weighted by atomic mass is 19.1. The molecule has 33 heavy (non-hydrogen) atoms. The van der Waals surface area contributed by atoms with Crippen LogP contribution >= 0.6 is 0 Å². The summed E-state index contributed by atoms with van der Waals surface area (Å²) >= 11 is 0. The SMILES string of the molecule is COc1cc(CNC(=O)c2cc(-c3nnn(CC4CC5CCC4O5)n3)cc(C)n2)ccc1F. The molecule has 3 unspecified atom stereocenters. The summed E-state index contributed by atoms with van der Waals surface area (Å²) in [6.45, 7) is 2.69. The zero-order valence-electron chi connectivity index (χ0n) is 18.5. The summed E-state index contributed by atoms with van der Waals surface area (Å²) in [5.74, 6) is 0.183. The Kier molecular flexibility index (Phi) is 5.76. The van der Waals surface area contributed by atoms with Gasteiger partial charge in [-0.25, -0.2) is 9.37 Å². The van der Waals surface area contributed by atoms with Crippen LogP contribution in [0.15, 0.2) is 30.3 Å². The molecule has 172 valence electrons. The first-order valence-electron chi connectivity index (χ1n) is 11.0. The number of carbonyl (C=O) groups excluding carboxylic acids is 1. The number of fused-ring (bicyclic) bond motifs is 2. The van der Waals surface area contributed by atoms with Gasteiger partial charge in [0.25, 0.3) is 5.91 Å². The van der Waals surface area contributed by atoms with E-state index < -0.39 is 5.82 Å². The zero-order valence-corrected chi connectivity index (χ0v) is 18.5. The zero-order chi connectivity index (χ0) is 22.9. The van der Waals surface area contributed by atoms with E-state index in [0.717, 1.165) is 19.3 Å². The Balaban J connectivity index is 1.27. The third-order valence-corrected chi connectivity index (χ3v) is 6.20. The first-order chi connectivity index (χ1) is 16.0. The smallest absolute Gasteiger partial charge is 0.270 e. The van der Waals surface area contributed by atoms with Crippen LogP contribution in [0, 0.1) is 18.7 Å². The van der Waals surface area contributed by atoms with Crippen LogP contribution in [-0.4, -0.2) is 50.4 Å². The molecule has 0 spiro atoms. The number of aromatic nitrogens is 5. The van der Waals surface area contributed by atoms with Crippen LogP contribution < -0.4 is 10.1 Å². The number of ether oxygens (including phenoxy) is 2. The van der Waals surface area contributed by atoms with E-state index >= 15 is 0 Å². The van der Waals surface area contributed by atoms with E-state index in [2.05, 4.69) is 25.7 Å². The van der Waals surface area contributed by atoms with Crippen LogP contribution in [0.3, 0.4) is 0 Å². The van der Waals surface area contributed by atoms with E-state index in [9.17, 15) is 9.18 Å². The average molecular weight is 452 g/mol. The molecule has 1 aromatic carbocycles. The summed E-state index contributed by atoms with van der Waals surface area (Å²) in [5.41, 5.74) is 2.30. The third kappa shape index (κ3) is 4.56. The van der Waals surface area contributed by atoms with Crippen LogP contribution in [0.25, 0.3) is 11.4 Å². The number of amides is 1. The van der Waals surface area contributed by atoms with Gasteiger partial charge in [0.15, 0.2) is 11.6 Å².